The van der Waals surface area contributed by atoms with Gasteiger partial charge in [-0.05, 0) is 17.7 Å². The van der Waals surface area contributed by atoms with Gasteiger partial charge in [0.1, 0.15) is 17.8 Å². The minimum absolute atomic E-state index is 0.253. The number of amides is 1. The number of benzene rings is 1. The van der Waals surface area contributed by atoms with E-state index in [4.69, 9.17) is 4.74 Å². The number of carbonyl (C=O) groups is 1. The van der Waals surface area contributed by atoms with Crippen LogP contribution in [-0.4, -0.2) is 28.0 Å². The van der Waals surface area contributed by atoms with Crippen molar-refractivity contribution in [1.29, 1.82) is 0 Å². The number of rotatable bonds is 5. The Morgan fingerprint density at radius 3 is 2.54 bits per heavy atom. The summed E-state index contributed by atoms with van der Waals surface area (Å²) in [6, 6.07) is 16.7. The number of carbonyl (C=O) groups excluding carboxylic acids is 1. The van der Waals surface area contributed by atoms with E-state index in [0.717, 1.165) is 5.56 Å². The Morgan fingerprint density at radius 2 is 1.83 bits per heavy atom. The molecule has 1 aromatic carbocycles. The van der Waals surface area contributed by atoms with E-state index in [0.29, 0.717) is 18.2 Å². The lowest BCUT2D eigenvalue weighted by Crippen LogP contribution is -2.31. The van der Waals surface area contributed by atoms with Gasteiger partial charge in [-0.3, -0.25) is 9.69 Å². The standard InChI is InChI=1S/C18H16N4O2/c1-24-17-11-15(20-13-21-17)18(23)22(16-9-5-6-10-19-16)12-14-7-3-2-4-8-14/h2-11,13H,12H2,1H3. The summed E-state index contributed by atoms with van der Waals surface area (Å²) in [6.45, 7) is 0.392. The van der Waals surface area contributed by atoms with E-state index < -0.39 is 0 Å². The maximum Gasteiger partial charge on any atom is 0.278 e. The lowest BCUT2D eigenvalue weighted by molar-refractivity contribution is 0.0979. The molecule has 0 bridgehead atoms. The molecule has 24 heavy (non-hydrogen) atoms. The molecule has 0 aliphatic heterocycles. The quantitative estimate of drug-likeness (QED) is 0.723. The summed E-state index contributed by atoms with van der Waals surface area (Å²) in [6.07, 6.45) is 2.96. The van der Waals surface area contributed by atoms with Gasteiger partial charge in [-0.25, -0.2) is 15.0 Å². The Kier molecular flexibility index (Phi) is 4.76. The molecule has 2 heterocycles. The third-order valence-electron chi connectivity index (χ3n) is 3.42. The summed E-state index contributed by atoms with van der Waals surface area (Å²) in [5, 5.41) is 0. The first kappa shape index (κ1) is 15.6. The third-order valence-corrected chi connectivity index (χ3v) is 3.42. The second kappa shape index (κ2) is 7.32. The number of anilines is 1. The number of methoxy groups -OCH3 is 1. The van der Waals surface area contributed by atoms with Gasteiger partial charge in [0.25, 0.3) is 5.91 Å². The zero-order valence-electron chi connectivity index (χ0n) is 13.2. The van der Waals surface area contributed by atoms with E-state index in [9.17, 15) is 4.79 Å². The predicted molar refractivity (Wildman–Crippen MR) is 89.8 cm³/mol. The number of hydrogen-bond donors (Lipinski definition) is 0. The summed E-state index contributed by atoms with van der Waals surface area (Å²) in [4.78, 5) is 26.8. The molecule has 0 N–H and O–H groups in total. The number of ether oxygens (including phenoxy) is 1. The maximum absolute atomic E-state index is 13.0. The van der Waals surface area contributed by atoms with Crippen molar-refractivity contribution in [3.8, 4) is 5.88 Å². The van der Waals surface area contributed by atoms with Crippen molar-refractivity contribution < 1.29 is 9.53 Å². The van der Waals surface area contributed by atoms with Crippen LogP contribution < -0.4 is 9.64 Å². The Bertz CT molecular complexity index is 810. The van der Waals surface area contributed by atoms with E-state index in [1.807, 2.05) is 42.5 Å². The summed E-state index contributed by atoms with van der Waals surface area (Å²) >= 11 is 0. The number of pyridine rings is 1. The minimum Gasteiger partial charge on any atom is -0.481 e. The molecular formula is C18H16N4O2. The molecule has 0 aliphatic carbocycles. The second-order valence-electron chi connectivity index (χ2n) is 5.01. The van der Waals surface area contributed by atoms with Crippen molar-refractivity contribution in [2.75, 3.05) is 12.0 Å². The first-order valence-corrected chi connectivity index (χ1v) is 7.41. The van der Waals surface area contributed by atoms with Gasteiger partial charge in [0.2, 0.25) is 5.88 Å². The monoisotopic (exact) mass is 320 g/mol. The van der Waals surface area contributed by atoms with Crippen LogP contribution in [0.1, 0.15) is 16.1 Å². The highest BCUT2D eigenvalue weighted by atomic mass is 16.5. The molecule has 0 saturated heterocycles. The fourth-order valence-electron chi connectivity index (χ4n) is 2.24. The first-order chi connectivity index (χ1) is 11.8. The fraction of sp³-hybridized carbons (Fsp3) is 0.111. The average molecular weight is 320 g/mol. The fourth-order valence-corrected chi connectivity index (χ4v) is 2.24. The van der Waals surface area contributed by atoms with Crippen LogP contribution >= 0.6 is 0 Å². The lowest BCUT2D eigenvalue weighted by atomic mass is 10.2. The van der Waals surface area contributed by atoms with Gasteiger partial charge in [-0.1, -0.05) is 36.4 Å². The molecule has 0 radical (unpaired) electrons. The minimum atomic E-state index is -0.266. The number of aromatic nitrogens is 3. The van der Waals surface area contributed by atoms with Crippen LogP contribution in [0, 0.1) is 0 Å². The van der Waals surface area contributed by atoms with Crippen molar-refractivity contribution in [1.82, 2.24) is 15.0 Å². The summed E-state index contributed by atoms with van der Waals surface area (Å²) in [5.74, 6) is 0.635. The molecule has 0 unspecified atom stereocenters. The van der Waals surface area contributed by atoms with Crippen molar-refractivity contribution in [3.05, 3.63) is 78.4 Å². The topological polar surface area (TPSA) is 68.2 Å². The molecule has 6 nitrogen and oxygen atoms in total. The van der Waals surface area contributed by atoms with Crippen molar-refractivity contribution in [2.45, 2.75) is 6.54 Å². The molecular weight excluding hydrogens is 304 g/mol. The number of hydrogen-bond acceptors (Lipinski definition) is 5. The molecule has 0 spiro atoms. The van der Waals surface area contributed by atoms with Crippen LogP contribution in [0.2, 0.25) is 0 Å². The van der Waals surface area contributed by atoms with E-state index in [2.05, 4.69) is 15.0 Å². The van der Waals surface area contributed by atoms with E-state index in [-0.39, 0.29) is 11.6 Å². The van der Waals surface area contributed by atoms with Crippen LogP contribution in [0.4, 0.5) is 5.82 Å². The van der Waals surface area contributed by atoms with E-state index in [1.54, 1.807) is 17.2 Å². The van der Waals surface area contributed by atoms with Gasteiger partial charge in [-0.15, -0.1) is 0 Å². The molecule has 0 atom stereocenters. The highest BCUT2D eigenvalue weighted by Gasteiger charge is 2.21. The van der Waals surface area contributed by atoms with Gasteiger partial charge < -0.3 is 4.74 Å². The van der Waals surface area contributed by atoms with Gasteiger partial charge in [0.05, 0.1) is 13.7 Å². The van der Waals surface area contributed by atoms with Crippen LogP contribution in [0.3, 0.4) is 0 Å². The Balaban J connectivity index is 1.96. The van der Waals surface area contributed by atoms with Gasteiger partial charge in [0.15, 0.2) is 0 Å². The van der Waals surface area contributed by atoms with Crippen molar-refractivity contribution >= 4 is 11.7 Å². The molecule has 2 aromatic heterocycles. The third kappa shape index (κ3) is 3.55. The molecule has 6 heteroatoms. The van der Waals surface area contributed by atoms with Crippen LogP contribution in [0.5, 0.6) is 5.88 Å². The number of nitrogens with zero attached hydrogens (tertiary/aromatic N) is 4. The van der Waals surface area contributed by atoms with Crippen molar-refractivity contribution in [3.63, 3.8) is 0 Å². The molecule has 1 amide bonds. The largest absolute Gasteiger partial charge is 0.481 e. The molecule has 0 saturated carbocycles. The highest BCUT2D eigenvalue weighted by molar-refractivity contribution is 6.04. The second-order valence-corrected chi connectivity index (χ2v) is 5.01. The van der Waals surface area contributed by atoms with Crippen LogP contribution in [0.15, 0.2) is 67.1 Å². The van der Waals surface area contributed by atoms with Crippen LogP contribution in [0.25, 0.3) is 0 Å². The molecule has 120 valence electrons. The maximum atomic E-state index is 13.0. The summed E-state index contributed by atoms with van der Waals surface area (Å²) in [7, 11) is 1.50. The average Bonchev–Trinajstić information content (AvgIpc) is 2.67. The zero-order chi connectivity index (χ0) is 16.8. The molecule has 3 aromatic rings. The molecule has 0 aliphatic rings. The zero-order valence-corrected chi connectivity index (χ0v) is 13.2. The summed E-state index contributed by atoms with van der Waals surface area (Å²) in [5.41, 5.74) is 1.25. The van der Waals surface area contributed by atoms with Gasteiger partial charge in [-0.2, -0.15) is 0 Å². The van der Waals surface area contributed by atoms with Gasteiger partial charge >= 0.3 is 0 Å². The lowest BCUT2D eigenvalue weighted by Gasteiger charge is -2.21. The molecule has 3 rings (SSSR count). The van der Waals surface area contributed by atoms with E-state index >= 15 is 0 Å². The van der Waals surface area contributed by atoms with Gasteiger partial charge in [0, 0.05) is 12.3 Å². The SMILES string of the molecule is COc1cc(C(=O)N(Cc2ccccc2)c2ccccn2)ncn1. The van der Waals surface area contributed by atoms with E-state index in [1.165, 1.54) is 19.5 Å². The molecule has 0 fully saturated rings. The first-order valence-electron chi connectivity index (χ1n) is 7.41. The summed E-state index contributed by atoms with van der Waals surface area (Å²) < 4.78 is 5.07. The normalized spacial score (nSPS) is 10.2. The van der Waals surface area contributed by atoms with Crippen molar-refractivity contribution in [2.24, 2.45) is 0 Å². The Morgan fingerprint density at radius 1 is 1.04 bits per heavy atom. The Labute approximate surface area is 139 Å². The Hall–Kier alpha value is -3.28. The highest BCUT2D eigenvalue weighted by Crippen LogP contribution is 2.18. The van der Waals surface area contributed by atoms with Crippen LogP contribution in [-0.2, 0) is 6.54 Å². The predicted octanol–water partition coefficient (Wildman–Crippen LogP) is 2.73. The smallest absolute Gasteiger partial charge is 0.278 e.